The molecule has 1 saturated heterocycles. The second-order valence-electron chi connectivity index (χ2n) is 5.93. The molecule has 0 bridgehead atoms. The summed E-state index contributed by atoms with van der Waals surface area (Å²) in [6.07, 6.45) is 3.27. The SMILES string of the molecule is CC1(C)CC1C(=O)N1CCC(OCCN)CC1. The number of likely N-dealkylation sites (tertiary alicyclic amines) is 1. The number of nitrogens with two attached hydrogens (primary N) is 1. The van der Waals surface area contributed by atoms with Crippen LogP contribution in [0.1, 0.15) is 33.1 Å². The smallest absolute Gasteiger partial charge is 0.226 e. The van der Waals surface area contributed by atoms with Crippen molar-refractivity contribution < 1.29 is 9.53 Å². The van der Waals surface area contributed by atoms with Crippen LogP contribution in [0.15, 0.2) is 0 Å². The summed E-state index contributed by atoms with van der Waals surface area (Å²) >= 11 is 0. The minimum Gasteiger partial charge on any atom is -0.377 e. The summed E-state index contributed by atoms with van der Waals surface area (Å²) in [6, 6.07) is 0. The van der Waals surface area contributed by atoms with Gasteiger partial charge in [0.15, 0.2) is 0 Å². The Morgan fingerprint density at radius 2 is 2.00 bits per heavy atom. The van der Waals surface area contributed by atoms with E-state index in [-0.39, 0.29) is 11.3 Å². The molecule has 0 aromatic heterocycles. The average molecular weight is 240 g/mol. The Labute approximate surface area is 103 Å². The van der Waals surface area contributed by atoms with Crippen LogP contribution in [0.3, 0.4) is 0 Å². The fourth-order valence-corrected chi connectivity index (χ4v) is 2.59. The van der Waals surface area contributed by atoms with E-state index < -0.39 is 0 Å². The van der Waals surface area contributed by atoms with Gasteiger partial charge in [0.2, 0.25) is 5.91 Å². The highest BCUT2D eigenvalue weighted by molar-refractivity contribution is 5.82. The maximum atomic E-state index is 12.2. The van der Waals surface area contributed by atoms with Crippen LogP contribution in [0, 0.1) is 11.3 Å². The first kappa shape index (κ1) is 12.8. The van der Waals surface area contributed by atoms with E-state index in [1.165, 1.54) is 0 Å². The molecule has 1 saturated carbocycles. The predicted octanol–water partition coefficient (Wildman–Crippen LogP) is 0.999. The molecule has 1 heterocycles. The van der Waals surface area contributed by atoms with Gasteiger partial charge < -0.3 is 15.4 Å². The van der Waals surface area contributed by atoms with Gasteiger partial charge in [-0.2, -0.15) is 0 Å². The van der Waals surface area contributed by atoms with E-state index in [2.05, 4.69) is 13.8 Å². The average Bonchev–Trinajstić information content (AvgIpc) is 2.95. The molecule has 1 amide bonds. The van der Waals surface area contributed by atoms with E-state index in [0.29, 0.717) is 25.2 Å². The molecule has 2 N–H and O–H groups in total. The van der Waals surface area contributed by atoms with Crippen LogP contribution in [0.25, 0.3) is 0 Å². The van der Waals surface area contributed by atoms with Crippen molar-refractivity contribution >= 4 is 5.91 Å². The van der Waals surface area contributed by atoms with Crippen LogP contribution >= 0.6 is 0 Å². The highest BCUT2D eigenvalue weighted by Crippen LogP contribution is 2.52. The van der Waals surface area contributed by atoms with Crippen molar-refractivity contribution in [2.24, 2.45) is 17.1 Å². The first-order valence-electron chi connectivity index (χ1n) is 6.65. The number of hydrogen-bond acceptors (Lipinski definition) is 3. The normalized spacial score (nSPS) is 28.2. The van der Waals surface area contributed by atoms with E-state index in [9.17, 15) is 4.79 Å². The second kappa shape index (κ2) is 4.94. The Morgan fingerprint density at radius 3 is 2.47 bits per heavy atom. The molecule has 2 rings (SSSR count). The zero-order chi connectivity index (χ0) is 12.5. The second-order valence-corrected chi connectivity index (χ2v) is 5.93. The summed E-state index contributed by atoms with van der Waals surface area (Å²) in [5.74, 6) is 0.622. The summed E-state index contributed by atoms with van der Waals surface area (Å²) in [4.78, 5) is 14.2. The number of rotatable bonds is 4. The lowest BCUT2D eigenvalue weighted by atomic mass is 10.1. The molecule has 1 unspecified atom stereocenters. The van der Waals surface area contributed by atoms with Crippen molar-refractivity contribution in [2.45, 2.75) is 39.2 Å². The number of piperidine rings is 1. The third-order valence-electron chi connectivity index (χ3n) is 4.04. The molecule has 0 aromatic carbocycles. The molecule has 98 valence electrons. The summed E-state index contributed by atoms with van der Waals surface area (Å²) < 4.78 is 5.61. The summed E-state index contributed by atoms with van der Waals surface area (Å²) in [7, 11) is 0. The van der Waals surface area contributed by atoms with Gasteiger partial charge in [-0.15, -0.1) is 0 Å². The van der Waals surface area contributed by atoms with Crippen LogP contribution in [-0.2, 0) is 9.53 Å². The van der Waals surface area contributed by atoms with Gasteiger partial charge in [-0.1, -0.05) is 13.8 Å². The van der Waals surface area contributed by atoms with Crippen LogP contribution in [0.4, 0.5) is 0 Å². The number of ether oxygens (including phenoxy) is 1. The van der Waals surface area contributed by atoms with Crippen molar-refractivity contribution in [1.29, 1.82) is 0 Å². The summed E-state index contributed by atoms with van der Waals surface area (Å²) in [5, 5.41) is 0. The molecule has 0 spiro atoms. The lowest BCUT2D eigenvalue weighted by Crippen LogP contribution is -2.42. The molecule has 1 aliphatic carbocycles. The number of carbonyl (C=O) groups is 1. The van der Waals surface area contributed by atoms with Crippen molar-refractivity contribution in [2.75, 3.05) is 26.2 Å². The zero-order valence-electron chi connectivity index (χ0n) is 10.9. The number of carbonyl (C=O) groups excluding carboxylic acids is 1. The number of nitrogens with zero attached hydrogens (tertiary/aromatic N) is 1. The largest absolute Gasteiger partial charge is 0.377 e. The molecule has 0 aromatic rings. The van der Waals surface area contributed by atoms with Crippen LogP contribution in [0.2, 0.25) is 0 Å². The molecular formula is C13H24N2O2. The number of amides is 1. The number of hydrogen-bond donors (Lipinski definition) is 1. The van der Waals surface area contributed by atoms with Gasteiger partial charge in [0.25, 0.3) is 0 Å². The minimum atomic E-state index is 0.240. The topological polar surface area (TPSA) is 55.6 Å². The fraction of sp³-hybridized carbons (Fsp3) is 0.923. The van der Waals surface area contributed by atoms with Crippen LogP contribution < -0.4 is 5.73 Å². The van der Waals surface area contributed by atoms with Gasteiger partial charge in [0, 0.05) is 25.6 Å². The van der Waals surface area contributed by atoms with E-state index in [0.717, 1.165) is 32.4 Å². The maximum Gasteiger partial charge on any atom is 0.226 e. The van der Waals surface area contributed by atoms with Crippen molar-refractivity contribution in [3.63, 3.8) is 0 Å². The van der Waals surface area contributed by atoms with Crippen LogP contribution in [-0.4, -0.2) is 43.2 Å². The van der Waals surface area contributed by atoms with Gasteiger partial charge in [-0.3, -0.25) is 4.79 Å². The quantitative estimate of drug-likeness (QED) is 0.797. The molecule has 1 aliphatic heterocycles. The molecular weight excluding hydrogens is 216 g/mol. The molecule has 2 aliphatic rings. The first-order chi connectivity index (χ1) is 8.04. The van der Waals surface area contributed by atoms with Gasteiger partial charge in [-0.25, -0.2) is 0 Å². The standard InChI is InChI=1S/C13H24N2O2/c1-13(2)9-11(13)12(16)15-6-3-10(4-7-15)17-8-5-14/h10-11H,3-9,14H2,1-2H3. The van der Waals surface area contributed by atoms with Crippen molar-refractivity contribution in [1.82, 2.24) is 4.90 Å². The summed E-state index contributed by atoms with van der Waals surface area (Å²) in [5.41, 5.74) is 5.65. The molecule has 0 radical (unpaired) electrons. The third kappa shape index (κ3) is 2.99. The van der Waals surface area contributed by atoms with E-state index in [4.69, 9.17) is 10.5 Å². The minimum absolute atomic E-state index is 0.240. The van der Waals surface area contributed by atoms with E-state index in [1.807, 2.05) is 4.90 Å². The Kier molecular flexibility index (Phi) is 3.73. The van der Waals surface area contributed by atoms with Crippen molar-refractivity contribution in [3.05, 3.63) is 0 Å². The molecule has 4 heteroatoms. The predicted molar refractivity (Wildman–Crippen MR) is 66.5 cm³/mol. The lowest BCUT2D eigenvalue weighted by Gasteiger charge is -2.32. The Morgan fingerprint density at radius 1 is 1.41 bits per heavy atom. The van der Waals surface area contributed by atoms with Gasteiger partial charge in [0.05, 0.1) is 12.7 Å². The Hall–Kier alpha value is -0.610. The Bertz CT molecular complexity index is 283. The molecule has 2 fully saturated rings. The zero-order valence-corrected chi connectivity index (χ0v) is 10.9. The first-order valence-corrected chi connectivity index (χ1v) is 6.65. The van der Waals surface area contributed by atoms with Crippen molar-refractivity contribution in [3.8, 4) is 0 Å². The monoisotopic (exact) mass is 240 g/mol. The Balaban J connectivity index is 1.74. The van der Waals surface area contributed by atoms with Gasteiger partial charge >= 0.3 is 0 Å². The van der Waals surface area contributed by atoms with Gasteiger partial charge in [-0.05, 0) is 24.7 Å². The van der Waals surface area contributed by atoms with E-state index >= 15 is 0 Å². The molecule has 1 atom stereocenters. The summed E-state index contributed by atoms with van der Waals surface area (Å²) in [6.45, 7) is 7.25. The van der Waals surface area contributed by atoms with Gasteiger partial charge in [0.1, 0.15) is 0 Å². The highest BCUT2D eigenvalue weighted by atomic mass is 16.5. The fourth-order valence-electron chi connectivity index (χ4n) is 2.59. The van der Waals surface area contributed by atoms with E-state index in [1.54, 1.807) is 0 Å². The van der Waals surface area contributed by atoms with Crippen LogP contribution in [0.5, 0.6) is 0 Å². The third-order valence-corrected chi connectivity index (χ3v) is 4.04. The molecule has 4 nitrogen and oxygen atoms in total. The lowest BCUT2D eigenvalue weighted by molar-refractivity contribution is -0.135. The molecule has 17 heavy (non-hydrogen) atoms. The highest BCUT2D eigenvalue weighted by Gasteiger charge is 2.52. The maximum absolute atomic E-state index is 12.2.